The molecule has 0 unspecified atom stereocenters. The number of benzene rings is 2. The van der Waals surface area contributed by atoms with Crippen LogP contribution in [0.25, 0.3) is 5.69 Å². The highest BCUT2D eigenvalue weighted by Gasteiger charge is 2.32. The normalized spacial score (nSPS) is 16.6. The maximum atomic E-state index is 13.4. The zero-order valence-electron chi connectivity index (χ0n) is 19.8. The van der Waals surface area contributed by atoms with E-state index in [1.54, 1.807) is 34.3 Å². The summed E-state index contributed by atoms with van der Waals surface area (Å²) in [4.78, 5) is 16.9. The summed E-state index contributed by atoms with van der Waals surface area (Å²) >= 11 is 0. The average Bonchev–Trinajstić information content (AvgIpc) is 3.42. The van der Waals surface area contributed by atoms with E-state index in [2.05, 4.69) is 16.3 Å². The maximum Gasteiger partial charge on any atom is 0.280 e. The Morgan fingerprint density at radius 1 is 0.882 bits per heavy atom. The van der Waals surface area contributed by atoms with E-state index in [9.17, 15) is 13.2 Å². The summed E-state index contributed by atoms with van der Waals surface area (Å²) in [5.41, 5.74) is 5.48. The van der Waals surface area contributed by atoms with Gasteiger partial charge in [0.05, 0.1) is 16.3 Å². The molecule has 0 spiro atoms. The van der Waals surface area contributed by atoms with Crippen molar-refractivity contribution in [2.75, 3.05) is 24.5 Å². The molecule has 0 radical (unpaired) electrons. The molecule has 0 bridgehead atoms. The molecule has 2 aliphatic heterocycles. The van der Waals surface area contributed by atoms with Crippen LogP contribution < -0.4 is 4.90 Å². The first-order valence-corrected chi connectivity index (χ1v) is 13.2. The molecule has 9 heteroatoms. The van der Waals surface area contributed by atoms with Gasteiger partial charge in [0, 0.05) is 25.3 Å². The zero-order chi connectivity index (χ0) is 24.0. The van der Waals surface area contributed by atoms with Crippen LogP contribution in [0, 0.1) is 20.8 Å². The number of amides is 1. The largest absolute Gasteiger partial charge is 0.306 e. The van der Waals surface area contributed by atoms with Gasteiger partial charge in [-0.15, -0.1) is 5.10 Å². The molecular formula is C25H29N5O3S. The van der Waals surface area contributed by atoms with Gasteiger partial charge < -0.3 is 4.90 Å². The van der Waals surface area contributed by atoms with Crippen molar-refractivity contribution < 1.29 is 13.2 Å². The van der Waals surface area contributed by atoms with E-state index in [1.807, 2.05) is 26.0 Å². The molecule has 178 valence electrons. The predicted molar refractivity (Wildman–Crippen MR) is 130 cm³/mol. The number of fused-ring (bicyclic) bond motifs is 1. The predicted octanol–water partition coefficient (Wildman–Crippen LogP) is 3.57. The summed E-state index contributed by atoms with van der Waals surface area (Å²) in [7, 11) is -3.51. The molecule has 2 aliphatic rings. The van der Waals surface area contributed by atoms with Crippen molar-refractivity contribution in [3.05, 3.63) is 64.5 Å². The third kappa shape index (κ3) is 3.92. The van der Waals surface area contributed by atoms with E-state index in [1.165, 1.54) is 4.80 Å². The second-order valence-corrected chi connectivity index (χ2v) is 11.1. The fourth-order valence-electron chi connectivity index (χ4n) is 4.85. The first-order valence-electron chi connectivity index (χ1n) is 11.7. The van der Waals surface area contributed by atoms with Gasteiger partial charge in [-0.3, -0.25) is 4.79 Å². The molecule has 3 heterocycles. The van der Waals surface area contributed by atoms with Crippen molar-refractivity contribution in [1.29, 1.82) is 0 Å². The molecular weight excluding hydrogens is 450 g/mol. The topological polar surface area (TPSA) is 88.4 Å². The first-order chi connectivity index (χ1) is 16.3. The Balaban J connectivity index is 1.42. The standard InChI is InChI=1S/C25H29N5O3S/c1-17-7-9-22(18(2)15-17)30-26-19(3)24(27-30)25(31)29-14-11-20-16-21(8-10-23(20)29)34(32,33)28-12-5-4-6-13-28/h7-10,15-16H,4-6,11-14H2,1-3H3. The van der Waals surface area contributed by atoms with Crippen molar-refractivity contribution in [3.8, 4) is 5.69 Å². The van der Waals surface area contributed by atoms with E-state index in [0.29, 0.717) is 42.3 Å². The molecule has 2 aromatic carbocycles. The van der Waals surface area contributed by atoms with E-state index in [-0.39, 0.29) is 5.91 Å². The van der Waals surface area contributed by atoms with Crippen molar-refractivity contribution >= 4 is 21.6 Å². The number of aromatic nitrogens is 3. The lowest BCUT2D eigenvalue weighted by atomic mass is 10.1. The zero-order valence-corrected chi connectivity index (χ0v) is 20.6. The third-order valence-corrected chi connectivity index (χ3v) is 8.59. The summed E-state index contributed by atoms with van der Waals surface area (Å²) in [6.45, 7) is 7.43. The van der Waals surface area contributed by atoms with Gasteiger partial charge in [0.1, 0.15) is 0 Å². The van der Waals surface area contributed by atoms with Gasteiger partial charge in [0.2, 0.25) is 10.0 Å². The number of aryl methyl sites for hydroxylation is 3. The monoisotopic (exact) mass is 479 g/mol. The Hall–Kier alpha value is -3.04. The van der Waals surface area contributed by atoms with Gasteiger partial charge in [-0.25, -0.2) is 8.42 Å². The van der Waals surface area contributed by atoms with Crippen LogP contribution in [0.2, 0.25) is 0 Å². The van der Waals surface area contributed by atoms with Crippen LogP contribution in [0.5, 0.6) is 0 Å². The van der Waals surface area contributed by atoms with Gasteiger partial charge >= 0.3 is 0 Å². The molecule has 1 amide bonds. The number of rotatable bonds is 4. The third-order valence-electron chi connectivity index (χ3n) is 6.70. The summed E-state index contributed by atoms with van der Waals surface area (Å²) < 4.78 is 27.7. The second-order valence-electron chi connectivity index (χ2n) is 9.18. The average molecular weight is 480 g/mol. The molecule has 34 heavy (non-hydrogen) atoms. The number of carbonyl (C=O) groups excluding carboxylic acids is 1. The Morgan fingerprint density at radius 3 is 2.35 bits per heavy atom. The van der Waals surface area contributed by atoms with Crippen LogP contribution in [0.1, 0.15) is 52.1 Å². The molecule has 1 aromatic heterocycles. The van der Waals surface area contributed by atoms with Crippen LogP contribution >= 0.6 is 0 Å². The minimum absolute atomic E-state index is 0.223. The summed E-state index contributed by atoms with van der Waals surface area (Å²) in [5, 5.41) is 9.01. The number of piperidine rings is 1. The Kier molecular flexibility index (Phi) is 5.77. The second kappa shape index (κ2) is 8.63. The highest BCUT2D eigenvalue weighted by molar-refractivity contribution is 7.89. The first kappa shape index (κ1) is 22.7. The lowest BCUT2D eigenvalue weighted by Gasteiger charge is -2.26. The van der Waals surface area contributed by atoms with Gasteiger partial charge in [-0.2, -0.15) is 14.2 Å². The van der Waals surface area contributed by atoms with E-state index < -0.39 is 10.0 Å². The molecule has 0 N–H and O–H groups in total. The molecule has 5 rings (SSSR count). The van der Waals surface area contributed by atoms with Gasteiger partial charge in [0.25, 0.3) is 5.91 Å². The quantitative estimate of drug-likeness (QED) is 0.571. The SMILES string of the molecule is Cc1ccc(-n2nc(C)c(C(=O)N3CCc4cc(S(=O)(=O)N5CCCCC5)ccc43)n2)c(C)c1. The number of hydrogen-bond donors (Lipinski definition) is 0. The van der Waals surface area contributed by atoms with Crippen molar-refractivity contribution in [2.45, 2.75) is 51.3 Å². The lowest BCUT2D eigenvalue weighted by molar-refractivity contribution is 0.0983. The molecule has 1 fully saturated rings. The molecule has 8 nitrogen and oxygen atoms in total. The lowest BCUT2D eigenvalue weighted by Crippen LogP contribution is -2.35. The summed E-state index contributed by atoms with van der Waals surface area (Å²) in [6.07, 6.45) is 3.47. The Labute approximate surface area is 200 Å². The minimum atomic E-state index is -3.51. The van der Waals surface area contributed by atoms with Crippen LogP contribution in [0.3, 0.4) is 0 Å². The van der Waals surface area contributed by atoms with Gasteiger partial charge in [-0.05, 0) is 75.4 Å². The fraction of sp³-hybridized carbons (Fsp3) is 0.400. The minimum Gasteiger partial charge on any atom is -0.306 e. The fourth-order valence-corrected chi connectivity index (χ4v) is 6.41. The number of nitrogens with zero attached hydrogens (tertiary/aromatic N) is 5. The van der Waals surface area contributed by atoms with E-state index in [0.717, 1.165) is 47.3 Å². The van der Waals surface area contributed by atoms with Crippen molar-refractivity contribution in [1.82, 2.24) is 19.3 Å². The van der Waals surface area contributed by atoms with Crippen LogP contribution in [0.4, 0.5) is 5.69 Å². The molecule has 0 aliphatic carbocycles. The van der Waals surface area contributed by atoms with Crippen molar-refractivity contribution in [3.63, 3.8) is 0 Å². The molecule has 0 saturated carbocycles. The number of anilines is 1. The molecule has 1 saturated heterocycles. The summed E-state index contributed by atoms with van der Waals surface area (Å²) in [6, 6.07) is 11.1. The van der Waals surface area contributed by atoms with Crippen LogP contribution in [0.15, 0.2) is 41.3 Å². The number of sulfonamides is 1. The van der Waals surface area contributed by atoms with E-state index >= 15 is 0 Å². The van der Waals surface area contributed by atoms with Gasteiger partial charge in [-0.1, -0.05) is 24.1 Å². The highest BCUT2D eigenvalue weighted by atomic mass is 32.2. The number of hydrogen-bond acceptors (Lipinski definition) is 5. The van der Waals surface area contributed by atoms with Crippen LogP contribution in [-0.2, 0) is 16.4 Å². The molecule has 0 atom stereocenters. The smallest absolute Gasteiger partial charge is 0.280 e. The Bertz CT molecular complexity index is 1370. The highest BCUT2D eigenvalue weighted by Crippen LogP contribution is 2.33. The Morgan fingerprint density at radius 2 is 1.62 bits per heavy atom. The summed E-state index contributed by atoms with van der Waals surface area (Å²) in [5.74, 6) is -0.223. The maximum absolute atomic E-state index is 13.4. The number of carbonyl (C=O) groups is 1. The van der Waals surface area contributed by atoms with Crippen molar-refractivity contribution in [2.24, 2.45) is 0 Å². The molecule has 3 aromatic rings. The van der Waals surface area contributed by atoms with Crippen LogP contribution in [-0.4, -0.2) is 53.3 Å². The van der Waals surface area contributed by atoms with Gasteiger partial charge in [0.15, 0.2) is 5.69 Å². The van der Waals surface area contributed by atoms with E-state index in [4.69, 9.17) is 0 Å².